The van der Waals surface area contributed by atoms with Crippen molar-refractivity contribution in [1.29, 1.82) is 0 Å². The van der Waals surface area contributed by atoms with Gasteiger partial charge in [0.05, 0.1) is 12.4 Å². The normalized spacial score (nSPS) is 12.3. The van der Waals surface area contributed by atoms with Crippen molar-refractivity contribution in [3.05, 3.63) is 36.0 Å². The highest BCUT2D eigenvalue weighted by atomic mass is 32.2. The number of hydrogen-bond acceptors (Lipinski definition) is 7. The Morgan fingerprint density at radius 2 is 2.04 bits per heavy atom. The summed E-state index contributed by atoms with van der Waals surface area (Å²) in [4.78, 5) is 8.91. The number of H-pyrrole nitrogens is 1. The molecule has 0 bridgehead atoms. The molecule has 0 saturated carbocycles. The number of aromatic amines is 1. The highest BCUT2D eigenvalue weighted by Gasteiger charge is 2.18. The van der Waals surface area contributed by atoms with Gasteiger partial charge in [-0.05, 0) is 37.6 Å². The average molecular weight is 345 g/mol. The van der Waals surface area contributed by atoms with Gasteiger partial charge >= 0.3 is 0 Å². The zero-order valence-corrected chi connectivity index (χ0v) is 14.6. The molecule has 0 saturated heterocycles. The molecular formula is C16H19N5O2S. The summed E-state index contributed by atoms with van der Waals surface area (Å²) in [6.07, 6.45) is 1.82. The predicted octanol–water partition coefficient (Wildman–Crippen LogP) is 3.67. The molecule has 0 fully saturated rings. The number of hydrogen-bond donors (Lipinski definition) is 1. The van der Waals surface area contributed by atoms with Gasteiger partial charge in [-0.15, -0.1) is 5.10 Å². The van der Waals surface area contributed by atoms with Crippen LogP contribution in [0.3, 0.4) is 0 Å². The van der Waals surface area contributed by atoms with Crippen molar-refractivity contribution < 1.29 is 9.26 Å². The van der Waals surface area contributed by atoms with E-state index in [1.807, 2.05) is 31.2 Å². The molecule has 2 aromatic heterocycles. The van der Waals surface area contributed by atoms with Crippen molar-refractivity contribution in [3.63, 3.8) is 0 Å². The van der Waals surface area contributed by atoms with E-state index in [0.29, 0.717) is 16.9 Å². The molecule has 0 amide bonds. The van der Waals surface area contributed by atoms with Crippen LogP contribution in [0.4, 0.5) is 0 Å². The summed E-state index contributed by atoms with van der Waals surface area (Å²) in [5, 5.41) is 11.8. The first kappa shape index (κ1) is 16.5. The molecule has 0 spiro atoms. The summed E-state index contributed by atoms with van der Waals surface area (Å²) in [5.41, 5.74) is 0.950. The second-order valence-corrected chi connectivity index (χ2v) is 6.56. The van der Waals surface area contributed by atoms with E-state index in [0.717, 1.165) is 30.0 Å². The lowest BCUT2D eigenvalue weighted by atomic mass is 10.2. The molecule has 0 aliphatic heterocycles. The van der Waals surface area contributed by atoms with Crippen molar-refractivity contribution >= 4 is 11.8 Å². The molecule has 24 heavy (non-hydrogen) atoms. The molecule has 0 aliphatic rings. The van der Waals surface area contributed by atoms with Gasteiger partial charge in [-0.3, -0.25) is 5.10 Å². The smallest absolute Gasteiger partial charge is 0.239 e. The number of benzene rings is 1. The Bertz CT molecular complexity index is 784. The maximum Gasteiger partial charge on any atom is 0.239 e. The minimum absolute atomic E-state index is 0.0115. The van der Waals surface area contributed by atoms with Gasteiger partial charge in [0, 0.05) is 12.0 Å². The third-order valence-electron chi connectivity index (χ3n) is 3.42. The topological polar surface area (TPSA) is 89.7 Å². The first-order valence-corrected chi connectivity index (χ1v) is 8.63. The molecule has 0 unspecified atom stereocenters. The van der Waals surface area contributed by atoms with Gasteiger partial charge < -0.3 is 9.26 Å². The van der Waals surface area contributed by atoms with Crippen molar-refractivity contribution in [3.8, 4) is 17.1 Å². The fraction of sp³-hybridized carbons (Fsp3) is 0.375. The van der Waals surface area contributed by atoms with Crippen molar-refractivity contribution in [1.82, 2.24) is 25.3 Å². The van der Waals surface area contributed by atoms with Crippen LogP contribution in [0.5, 0.6) is 5.75 Å². The third kappa shape index (κ3) is 3.76. The quantitative estimate of drug-likeness (QED) is 0.653. The van der Waals surface area contributed by atoms with Crippen LogP contribution in [0.2, 0.25) is 0 Å². The zero-order valence-electron chi connectivity index (χ0n) is 13.8. The molecule has 0 radical (unpaired) electrons. The Morgan fingerprint density at radius 3 is 2.75 bits per heavy atom. The third-order valence-corrected chi connectivity index (χ3v) is 4.36. The molecule has 1 N–H and O–H groups in total. The van der Waals surface area contributed by atoms with Crippen molar-refractivity contribution in [2.45, 2.75) is 37.1 Å². The minimum Gasteiger partial charge on any atom is -0.497 e. The number of aryl methyl sites for hydroxylation is 1. The summed E-state index contributed by atoms with van der Waals surface area (Å²) in [6.45, 7) is 4.08. The van der Waals surface area contributed by atoms with Crippen LogP contribution in [0.25, 0.3) is 11.4 Å². The van der Waals surface area contributed by atoms with E-state index in [1.54, 1.807) is 7.11 Å². The largest absolute Gasteiger partial charge is 0.497 e. The lowest BCUT2D eigenvalue weighted by Crippen LogP contribution is -1.91. The maximum absolute atomic E-state index is 5.31. The second-order valence-electron chi connectivity index (χ2n) is 5.25. The monoisotopic (exact) mass is 345 g/mol. The Balaban J connectivity index is 1.68. The van der Waals surface area contributed by atoms with Crippen LogP contribution < -0.4 is 4.74 Å². The number of thioether (sulfide) groups is 1. The lowest BCUT2D eigenvalue weighted by molar-refractivity contribution is 0.374. The van der Waals surface area contributed by atoms with Gasteiger partial charge in [-0.25, -0.2) is 4.98 Å². The van der Waals surface area contributed by atoms with E-state index >= 15 is 0 Å². The lowest BCUT2D eigenvalue weighted by Gasteiger charge is -2.01. The van der Waals surface area contributed by atoms with Gasteiger partial charge in [0.25, 0.3) is 0 Å². The average Bonchev–Trinajstić information content (AvgIpc) is 3.25. The number of rotatable bonds is 7. The van der Waals surface area contributed by atoms with Crippen LogP contribution in [-0.2, 0) is 6.42 Å². The number of ether oxygens (including phenoxy) is 1. The van der Waals surface area contributed by atoms with Gasteiger partial charge in [-0.2, -0.15) is 4.98 Å². The van der Waals surface area contributed by atoms with E-state index in [9.17, 15) is 0 Å². The summed E-state index contributed by atoms with van der Waals surface area (Å²) < 4.78 is 10.5. The highest BCUT2D eigenvalue weighted by Crippen LogP contribution is 2.32. The first-order chi connectivity index (χ1) is 11.7. The molecule has 1 aromatic carbocycles. The number of methoxy groups -OCH3 is 1. The predicted molar refractivity (Wildman–Crippen MR) is 90.9 cm³/mol. The standard InChI is InChI=1S/C16H19N5O2S/c1-4-5-13-17-15(23-21-13)10(2)24-16-18-14(19-20-16)11-6-8-12(22-3)9-7-11/h6-10H,4-5H2,1-3H3,(H,18,19,20)/t10-/m1/s1. The highest BCUT2D eigenvalue weighted by molar-refractivity contribution is 7.99. The van der Waals surface area contributed by atoms with Crippen molar-refractivity contribution in [2.24, 2.45) is 0 Å². The molecule has 3 rings (SSSR count). The van der Waals surface area contributed by atoms with E-state index in [-0.39, 0.29) is 5.25 Å². The number of nitrogens with zero attached hydrogens (tertiary/aromatic N) is 4. The molecule has 0 aliphatic carbocycles. The number of nitrogens with one attached hydrogen (secondary N) is 1. The fourth-order valence-electron chi connectivity index (χ4n) is 2.14. The molecule has 8 heteroatoms. The minimum atomic E-state index is -0.0115. The molecular weight excluding hydrogens is 326 g/mol. The molecule has 2 heterocycles. The Hall–Kier alpha value is -2.35. The van der Waals surface area contributed by atoms with Crippen LogP contribution in [0, 0.1) is 0 Å². The Labute approximate surface area is 144 Å². The van der Waals surface area contributed by atoms with E-state index in [4.69, 9.17) is 9.26 Å². The van der Waals surface area contributed by atoms with Crippen LogP contribution >= 0.6 is 11.8 Å². The van der Waals surface area contributed by atoms with Crippen LogP contribution in [-0.4, -0.2) is 32.4 Å². The number of aromatic nitrogens is 5. The summed E-state index contributed by atoms with van der Waals surface area (Å²) in [5.74, 6) is 2.86. The second kappa shape index (κ2) is 7.48. The molecule has 126 valence electrons. The van der Waals surface area contributed by atoms with E-state index in [2.05, 4.69) is 32.2 Å². The van der Waals surface area contributed by atoms with Crippen LogP contribution in [0.1, 0.15) is 37.2 Å². The summed E-state index contributed by atoms with van der Waals surface area (Å²) >= 11 is 1.48. The Kier molecular flexibility index (Phi) is 5.14. The van der Waals surface area contributed by atoms with E-state index in [1.165, 1.54) is 11.8 Å². The molecule has 1 atom stereocenters. The summed E-state index contributed by atoms with van der Waals surface area (Å²) in [7, 11) is 1.64. The van der Waals surface area contributed by atoms with Gasteiger partial charge in [0.15, 0.2) is 11.6 Å². The maximum atomic E-state index is 5.31. The van der Waals surface area contributed by atoms with E-state index < -0.39 is 0 Å². The van der Waals surface area contributed by atoms with Crippen molar-refractivity contribution in [2.75, 3.05) is 7.11 Å². The first-order valence-electron chi connectivity index (χ1n) is 7.75. The molecule has 7 nitrogen and oxygen atoms in total. The van der Waals surface area contributed by atoms with Crippen LogP contribution in [0.15, 0.2) is 33.9 Å². The van der Waals surface area contributed by atoms with Gasteiger partial charge in [-0.1, -0.05) is 23.8 Å². The summed E-state index contributed by atoms with van der Waals surface area (Å²) in [6, 6.07) is 7.65. The molecule has 3 aromatic rings. The SMILES string of the molecule is CCCc1noc([C@@H](C)Sc2n[nH]c(-c3ccc(OC)cc3)n2)n1. The fourth-order valence-corrected chi connectivity index (χ4v) is 2.90. The van der Waals surface area contributed by atoms with Gasteiger partial charge in [0.2, 0.25) is 11.0 Å². The zero-order chi connectivity index (χ0) is 16.9. The Morgan fingerprint density at radius 1 is 1.25 bits per heavy atom. The van der Waals surface area contributed by atoms with Gasteiger partial charge in [0.1, 0.15) is 5.75 Å².